The van der Waals surface area contributed by atoms with Crippen LogP contribution in [0.1, 0.15) is 15.2 Å². The zero-order valence-corrected chi connectivity index (χ0v) is 11.5. The zero-order chi connectivity index (χ0) is 14.0. The van der Waals surface area contributed by atoms with Crippen LogP contribution in [0.2, 0.25) is 0 Å². The highest BCUT2D eigenvalue weighted by atomic mass is 32.2. The van der Waals surface area contributed by atoms with Crippen LogP contribution in [-0.4, -0.2) is 18.7 Å². The number of rotatable bonds is 4. The first-order valence-electron chi connectivity index (χ1n) is 5.16. The fourth-order valence-electron chi connectivity index (χ4n) is 1.28. The minimum atomic E-state index is -3.95. The van der Waals surface area contributed by atoms with Gasteiger partial charge in [0.2, 0.25) is 5.88 Å². The van der Waals surface area contributed by atoms with Crippen LogP contribution in [-0.2, 0) is 10.1 Å². The topological polar surface area (TPSA) is 99.4 Å². The summed E-state index contributed by atoms with van der Waals surface area (Å²) in [5, 5.41) is 0. The van der Waals surface area contributed by atoms with E-state index in [1.54, 1.807) is 12.1 Å². The molecule has 0 aliphatic carbocycles. The van der Waals surface area contributed by atoms with Gasteiger partial charge in [-0.05, 0) is 30.6 Å². The molecule has 2 aromatic rings. The van der Waals surface area contributed by atoms with Crippen molar-refractivity contribution in [3.05, 3.63) is 40.8 Å². The predicted octanol–water partition coefficient (Wildman–Crippen LogP) is 1.32. The first-order valence-corrected chi connectivity index (χ1v) is 7.34. The van der Waals surface area contributed by atoms with E-state index in [-0.39, 0.29) is 15.7 Å². The molecule has 1 aromatic carbocycles. The van der Waals surface area contributed by atoms with E-state index in [9.17, 15) is 13.2 Å². The number of aryl methyl sites for hydroxylation is 1. The predicted molar refractivity (Wildman–Crippen MR) is 69.6 cm³/mol. The molecule has 1 aromatic heterocycles. The third kappa shape index (κ3) is 3.09. The van der Waals surface area contributed by atoms with Crippen LogP contribution in [0.25, 0.3) is 0 Å². The molecule has 0 aliphatic rings. The Balaban J connectivity index is 2.25. The zero-order valence-electron chi connectivity index (χ0n) is 9.86. The molecule has 0 spiro atoms. The van der Waals surface area contributed by atoms with E-state index in [1.807, 2.05) is 6.92 Å². The van der Waals surface area contributed by atoms with E-state index < -0.39 is 16.0 Å². The van der Waals surface area contributed by atoms with Gasteiger partial charge in [0.05, 0.1) is 0 Å². The highest BCUT2D eigenvalue weighted by Crippen LogP contribution is 2.21. The Morgan fingerprint density at radius 2 is 1.95 bits per heavy atom. The second-order valence-electron chi connectivity index (χ2n) is 3.74. The molecule has 0 atom stereocenters. The SMILES string of the molecule is Cc1ccc(S(=O)(=O)Oc2cc(C(N)=O)sn2)cc1. The smallest absolute Gasteiger partial charge is 0.340 e. The lowest BCUT2D eigenvalue weighted by Crippen LogP contribution is -2.10. The van der Waals surface area contributed by atoms with Crippen LogP contribution in [0.4, 0.5) is 0 Å². The van der Waals surface area contributed by atoms with Crippen LogP contribution in [0.5, 0.6) is 5.88 Å². The van der Waals surface area contributed by atoms with Crippen molar-refractivity contribution in [2.45, 2.75) is 11.8 Å². The van der Waals surface area contributed by atoms with Gasteiger partial charge in [-0.3, -0.25) is 4.79 Å². The molecule has 0 bridgehead atoms. The van der Waals surface area contributed by atoms with Crippen LogP contribution in [0.3, 0.4) is 0 Å². The van der Waals surface area contributed by atoms with Gasteiger partial charge in [-0.2, -0.15) is 12.8 Å². The summed E-state index contributed by atoms with van der Waals surface area (Å²) in [6, 6.07) is 7.38. The number of carbonyl (C=O) groups excluding carboxylic acids is 1. The summed E-state index contributed by atoms with van der Waals surface area (Å²) in [7, 11) is -3.95. The van der Waals surface area contributed by atoms with Gasteiger partial charge < -0.3 is 9.92 Å². The monoisotopic (exact) mass is 298 g/mol. The lowest BCUT2D eigenvalue weighted by molar-refractivity contribution is 0.100. The Morgan fingerprint density at radius 1 is 1.32 bits per heavy atom. The largest absolute Gasteiger partial charge is 0.365 e. The molecule has 8 heteroatoms. The molecule has 6 nitrogen and oxygen atoms in total. The highest BCUT2D eigenvalue weighted by molar-refractivity contribution is 7.87. The lowest BCUT2D eigenvalue weighted by Gasteiger charge is -2.04. The van der Waals surface area contributed by atoms with Crippen molar-refractivity contribution in [1.82, 2.24) is 4.37 Å². The summed E-state index contributed by atoms with van der Waals surface area (Å²) in [6.45, 7) is 1.84. The molecule has 0 unspecified atom stereocenters. The summed E-state index contributed by atoms with van der Waals surface area (Å²) in [5.41, 5.74) is 5.98. The minimum absolute atomic E-state index is 0.0201. The van der Waals surface area contributed by atoms with Gasteiger partial charge >= 0.3 is 10.1 Å². The first-order chi connectivity index (χ1) is 8.88. The third-order valence-electron chi connectivity index (χ3n) is 2.24. The quantitative estimate of drug-likeness (QED) is 0.858. The molecule has 0 radical (unpaired) electrons. The number of nitrogens with zero attached hydrogens (tertiary/aromatic N) is 1. The Kier molecular flexibility index (Phi) is 3.54. The van der Waals surface area contributed by atoms with Crippen LogP contribution >= 0.6 is 11.5 Å². The maximum atomic E-state index is 11.9. The Bertz CT molecular complexity index is 705. The second-order valence-corrected chi connectivity index (χ2v) is 6.10. The normalized spacial score (nSPS) is 11.2. The summed E-state index contributed by atoms with van der Waals surface area (Å²) in [6.07, 6.45) is 0. The number of hydrogen-bond acceptors (Lipinski definition) is 6. The van der Waals surface area contributed by atoms with Gasteiger partial charge in [-0.15, -0.1) is 0 Å². The number of aromatic nitrogens is 1. The molecular weight excluding hydrogens is 288 g/mol. The second kappa shape index (κ2) is 4.98. The number of benzene rings is 1. The van der Waals surface area contributed by atoms with Gasteiger partial charge in [0.25, 0.3) is 5.91 Å². The molecule has 0 fully saturated rings. The highest BCUT2D eigenvalue weighted by Gasteiger charge is 2.19. The Labute approximate surface area is 114 Å². The summed E-state index contributed by atoms with van der Waals surface area (Å²) < 4.78 is 32.4. The molecule has 0 saturated heterocycles. The summed E-state index contributed by atoms with van der Waals surface area (Å²) in [4.78, 5) is 11.0. The standard InChI is InChI=1S/C11H10N2O4S2/c1-7-2-4-8(5-3-7)19(15,16)17-10-6-9(11(12)14)18-13-10/h2-6H,1H3,(H2,12,14). The molecule has 19 heavy (non-hydrogen) atoms. The number of amides is 1. The molecule has 1 heterocycles. The van der Waals surface area contributed by atoms with Crippen molar-refractivity contribution in [1.29, 1.82) is 0 Å². The maximum absolute atomic E-state index is 11.9. The van der Waals surface area contributed by atoms with Crippen molar-refractivity contribution in [3.8, 4) is 5.88 Å². The molecule has 2 N–H and O–H groups in total. The van der Waals surface area contributed by atoms with Crippen molar-refractivity contribution >= 4 is 27.6 Å². The van der Waals surface area contributed by atoms with Gasteiger partial charge in [-0.25, -0.2) is 0 Å². The van der Waals surface area contributed by atoms with Crippen molar-refractivity contribution < 1.29 is 17.4 Å². The number of hydrogen-bond donors (Lipinski definition) is 1. The van der Waals surface area contributed by atoms with Gasteiger partial charge in [-0.1, -0.05) is 17.7 Å². The maximum Gasteiger partial charge on any atom is 0.340 e. The first kappa shape index (κ1) is 13.5. The van der Waals surface area contributed by atoms with E-state index >= 15 is 0 Å². The van der Waals surface area contributed by atoms with Crippen LogP contribution < -0.4 is 9.92 Å². The van der Waals surface area contributed by atoms with E-state index in [4.69, 9.17) is 9.92 Å². The fraction of sp³-hybridized carbons (Fsp3) is 0.0909. The van der Waals surface area contributed by atoms with Crippen LogP contribution in [0, 0.1) is 6.92 Å². The fourth-order valence-corrected chi connectivity index (χ4v) is 2.72. The molecule has 1 amide bonds. The number of carbonyl (C=O) groups is 1. The lowest BCUT2D eigenvalue weighted by atomic mass is 10.2. The van der Waals surface area contributed by atoms with Crippen molar-refractivity contribution in [3.63, 3.8) is 0 Å². The Hall–Kier alpha value is -1.93. The van der Waals surface area contributed by atoms with Gasteiger partial charge in [0.1, 0.15) is 9.77 Å². The van der Waals surface area contributed by atoms with Gasteiger partial charge in [0, 0.05) is 6.07 Å². The minimum Gasteiger partial charge on any atom is -0.365 e. The van der Waals surface area contributed by atoms with E-state index in [0.717, 1.165) is 17.1 Å². The Morgan fingerprint density at radius 3 is 2.47 bits per heavy atom. The summed E-state index contributed by atoms with van der Waals surface area (Å²) in [5.74, 6) is -0.848. The van der Waals surface area contributed by atoms with E-state index in [1.165, 1.54) is 18.2 Å². The molecule has 0 saturated carbocycles. The van der Waals surface area contributed by atoms with Crippen molar-refractivity contribution in [2.75, 3.05) is 0 Å². The average molecular weight is 298 g/mol. The average Bonchev–Trinajstić information content (AvgIpc) is 2.77. The molecule has 2 rings (SSSR count). The van der Waals surface area contributed by atoms with Crippen molar-refractivity contribution in [2.24, 2.45) is 5.73 Å². The molecular formula is C11H10N2O4S2. The van der Waals surface area contributed by atoms with Gasteiger partial charge in [0.15, 0.2) is 0 Å². The number of nitrogens with two attached hydrogens (primary N) is 1. The van der Waals surface area contributed by atoms with Crippen LogP contribution in [0.15, 0.2) is 35.2 Å². The molecule has 100 valence electrons. The molecule has 0 aliphatic heterocycles. The van der Waals surface area contributed by atoms with E-state index in [0.29, 0.717) is 0 Å². The number of primary amides is 1. The summed E-state index contributed by atoms with van der Waals surface area (Å²) >= 11 is 0.782. The third-order valence-corrected chi connectivity index (χ3v) is 4.26. The van der Waals surface area contributed by atoms with E-state index in [2.05, 4.69) is 4.37 Å².